The molecule has 12 aromatic rings. The quantitative estimate of drug-likeness (QED) is 0.155. The van der Waals surface area contributed by atoms with Crippen molar-refractivity contribution < 1.29 is 12.3 Å². The van der Waals surface area contributed by atoms with Gasteiger partial charge in [-0.3, -0.25) is 0 Å². The lowest BCUT2D eigenvalue weighted by atomic mass is 10.1. The summed E-state index contributed by atoms with van der Waals surface area (Å²) in [5.74, 6) is 0. The van der Waals surface area contributed by atoms with E-state index in [0.717, 1.165) is 38.5 Å². The fraction of sp³-hybridized carbons (Fsp3) is 0.0769. The van der Waals surface area contributed by atoms with Crippen molar-refractivity contribution >= 4 is 56.8 Å². The van der Waals surface area contributed by atoms with Crippen molar-refractivity contribution in [2.75, 3.05) is 0 Å². The van der Waals surface area contributed by atoms with Crippen LogP contribution in [-0.4, -0.2) is 25.7 Å². The van der Waals surface area contributed by atoms with Crippen molar-refractivity contribution in [1.82, 2.24) is 0 Å². The van der Waals surface area contributed by atoms with Gasteiger partial charge in [-0.2, -0.15) is 0 Å². The van der Waals surface area contributed by atoms with E-state index in [2.05, 4.69) is 255 Å². The summed E-state index contributed by atoms with van der Waals surface area (Å²) < 4.78 is 28.3. The number of benzene rings is 12. The smallest absolute Gasteiger partial charge is 0.391 e. The first-order chi connectivity index (χ1) is 41.6. The normalized spacial score (nSPS) is 16.4. The highest BCUT2D eigenvalue weighted by atomic mass is 28.5. The Hall–Kier alpha value is -8.83. The van der Waals surface area contributed by atoms with E-state index in [0.29, 0.717) is 0 Å². The predicted molar refractivity (Wildman–Crippen MR) is 346 cm³/mol. The summed E-state index contributed by atoms with van der Waals surface area (Å²) in [6, 6.07) is 97.1. The van der Waals surface area contributed by atoms with Crippen LogP contribution in [0.1, 0.15) is 66.8 Å². The summed E-state index contributed by atoms with van der Waals surface area (Å²) >= 11 is 0. The first-order valence-corrected chi connectivity index (χ1v) is 35.3. The van der Waals surface area contributed by atoms with Crippen LogP contribution >= 0.6 is 0 Å². The molecule has 0 unspecified atom stereocenters. The van der Waals surface area contributed by atoms with E-state index >= 15 is 0 Å². The standard InChI is InChI=1S/C78H54O3Si3/c1-7-25-55-49(19-1)43-67-61(55)31-13-37-73(67)82(74-38-14-32-62-56-26-8-2-20-50(56)44-68(62)74)79-83(75-39-15-33-63-57-27-9-3-21-51(57)45-69(63)75,76-40-16-34-64-58-28-10-4-22-52(58)46-70(64)76)81-84(80-82,77-41-17-35-65-59-29-11-5-23-53(59)47-71(65)77)78-42-18-36-66-60-30-12-6-24-54(60)48-72(66)78/h1-42H,43-48H2. The van der Waals surface area contributed by atoms with Crippen LogP contribution in [0.3, 0.4) is 0 Å². The molecule has 0 spiro atoms. The Bertz CT molecular complexity index is 4090. The second-order valence-corrected chi connectivity index (χ2v) is 33.5. The second-order valence-electron chi connectivity index (χ2n) is 24.1. The molecule has 0 saturated carbocycles. The fourth-order valence-electron chi connectivity index (χ4n) is 16.6. The van der Waals surface area contributed by atoms with E-state index < -0.39 is 25.7 Å². The molecule has 12 aromatic carbocycles. The van der Waals surface area contributed by atoms with Crippen LogP contribution in [-0.2, 0) is 50.9 Å². The number of fused-ring (bicyclic) bond motifs is 18. The van der Waals surface area contributed by atoms with Crippen molar-refractivity contribution in [1.29, 1.82) is 0 Å². The molecule has 0 bridgehead atoms. The van der Waals surface area contributed by atoms with Crippen LogP contribution in [0.25, 0.3) is 66.8 Å². The maximum atomic E-state index is 9.43. The molecule has 6 aliphatic carbocycles. The van der Waals surface area contributed by atoms with Gasteiger partial charge < -0.3 is 12.3 Å². The molecule has 0 amide bonds. The molecule has 0 radical (unpaired) electrons. The Labute approximate surface area is 492 Å². The Morgan fingerprint density at radius 1 is 0.167 bits per heavy atom. The molecule has 1 heterocycles. The molecule has 1 aliphatic heterocycles. The van der Waals surface area contributed by atoms with Gasteiger partial charge in [-0.25, -0.2) is 0 Å². The highest BCUT2D eigenvalue weighted by Crippen LogP contribution is 2.48. The first-order valence-electron chi connectivity index (χ1n) is 29.9. The van der Waals surface area contributed by atoms with Crippen molar-refractivity contribution in [3.8, 4) is 66.8 Å². The molecule has 1 saturated heterocycles. The van der Waals surface area contributed by atoms with Gasteiger partial charge in [0, 0.05) is 31.1 Å². The van der Waals surface area contributed by atoms with Crippen molar-refractivity contribution in [3.63, 3.8) is 0 Å². The molecule has 7 aliphatic rings. The number of hydrogen-bond donors (Lipinski definition) is 0. The van der Waals surface area contributed by atoms with Gasteiger partial charge in [0.2, 0.25) is 0 Å². The monoisotopic (exact) mass is 1120 g/mol. The molecular formula is C78H54O3Si3. The van der Waals surface area contributed by atoms with E-state index in [1.165, 1.54) is 165 Å². The van der Waals surface area contributed by atoms with Gasteiger partial charge in [-0.15, -0.1) is 0 Å². The van der Waals surface area contributed by atoms with E-state index in [-0.39, 0.29) is 0 Å². The van der Waals surface area contributed by atoms with Crippen molar-refractivity contribution in [2.24, 2.45) is 0 Å². The second kappa shape index (κ2) is 17.6. The molecule has 396 valence electrons. The van der Waals surface area contributed by atoms with Crippen LogP contribution < -0.4 is 31.1 Å². The summed E-state index contributed by atoms with van der Waals surface area (Å²) in [6.45, 7) is 0. The molecule has 0 atom stereocenters. The summed E-state index contributed by atoms with van der Waals surface area (Å²) in [6.07, 6.45) is 4.67. The lowest BCUT2D eigenvalue weighted by molar-refractivity contribution is 0.267. The molecular weight excluding hydrogens is 1070 g/mol. The van der Waals surface area contributed by atoms with Crippen LogP contribution in [0.5, 0.6) is 0 Å². The van der Waals surface area contributed by atoms with E-state index in [1.807, 2.05) is 0 Å². The van der Waals surface area contributed by atoms with Crippen molar-refractivity contribution in [3.05, 3.63) is 322 Å². The van der Waals surface area contributed by atoms with Gasteiger partial charge in [0.05, 0.1) is 0 Å². The third-order valence-electron chi connectivity index (χ3n) is 20.1. The zero-order chi connectivity index (χ0) is 54.9. The third kappa shape index (κ3) is 6.45. The van der Waals surface area contributed by atoms with Crippen LogP contribution in [0.4, 0.5) is 0 Å². The minimum absolute atomic E-state index is 0.778. The third-order valence-corrected chi connectivity index (χ3v) is 34.1. The lowest BCUT2D eigenvalue weighted by Gasteiger charge is -2.55. The highest BCUT2D eigenvalue weighted by molar-refractivity contribution is 7.16. The van der Waals surface area contributed by atoms with Crippen LogP contribution in [0.2, 0.25) is 0 Å². The summed E-state index contributed by atoms with van der Waals surface area (Å²) in [5.41, 5.74) is 31.2. The zero-order valence-corrected chi connectivity index (χ0v) is 49.2. The molecule has 0 aromatic heterocycles. The van der Waals surface area contributed by atoms with Gasteiger partial charge in [0.1, 0.15) is 0 Å². The van der Waals surface area contributed by atoms with Gasteiger partial charge in [0.25, 0.3) is 0 Å². The lowest BCUT2D eigenvalue weighted by Crippen LogP contribution is -2.89. The summed E-state index contributed by atoms with van der Waals surface area (Å²) in [4.78, 5) is 0. The Morgan fingerprint density at radius 3 is 0.500 bits per heavy atom. The largest absolute Gasteiger partial charge is 0.402 e. The van der Waals surface area contributed by atoms with Crippen LogP contribution in [0, 0.1) is 0 Å². The Morgan fingerprint density at radius 2 is 0.321 bits per heavy atom. The topological polar surface area (TPSA) is 27.7 Å². The first kappa shape index (κ1) is 47.6. The summed E-state index contributed by atoms with van der Waals surface area (Å²) in [7, 11) is -12.8. The molecule has 3 nitrogen and oxygen atoms in total. The van der Waals surface area contributed by atoms with E-state index in [9.17, 15) is 12.3 Å². The van der Waals surface area contributed by atoms with Crippen molar-refractivity contribution in [2.45, 2.75) is 38.5 Å². The fourth-order valence-corrected chi connectivity index (χ4v) is 34.8. The maximum Gasteiger partial charge on any atom is 0.391 e. The van der Waals surface area contributed by atoms with E-state index in [4.69, 9.17) is 0 Å². The van der Waals surface area contributed by atoms with E-state index in [1.54, 1.807) is 0 Å². The number of rotatable bonds is 6. The Kier molecular flexibility index (Phi) is 9.99. The van der Waals surface area contributed by atoms with Gasteiger partial charge in [0.15, 0.2) is 0 Å². The molecule has 6 heteroatoms. The van der Waals surface area contributed by atoms with Gasteiger partial charge in [-0.05, 0) is 172 Å². The minimum atomic E-state index is -4.28. The zero-order valence-electron chi connectivity index (χ0n) is 46.2. The highest BCUT2D eigenvalue weighted by Gasteiger charge is 2.70. The predicted octanol–water partition coefficient (Wildman–Crippen LogP) is 13.2. The Balaban J connectivity index is 1.02. The van der Waals surface area contributed by atoms with Crippen LogP contribution in [0.15, 0.2) is 255 Å². The van der Waals surface area contributed by atoms with Gasteiger partial charge >= 0.3 is 25.7 Å². The average Bonchev–Trinajstić information content (AvgIpc) is 1.12. The maximum absolute atomic E-state index is 9.43. The molecule has 84 heavy (non-hydrogen) atoms. The molecule has 1 fully saturated rings. The SMILES string of the molecule is c1ccc2c(c1)Cc1c-2cccc1[Si]1(c2cccc3c2Cc2ccccc2-3)O[Si](c2cccc3c2Cc2ccccc2-3)(c2cccc3c2Cc2ccccc2-3)O[Si](c2cccc3c2Cc2ccccc2-3)(c2cccc3c2Cc2ccccc2-3)O1. The van der Waals surface area contributed by atoms with Gasteiger partial charge in [-0.1, -0.05) is 255 Å². The summed E-state index contributed by atoms with van der Waals surface area (Å²) in [5, 5.41) is 7.14. The molecule has 19 rings (SSSR count). The average molecular weight is 1120 g/mol. The molecule has 0 N–H and O–H groups in total. The number of hydrogen-bond acceptors (Lipinski definition) is 3. The minimum Gasteiger partial charge on any atom is -0.402 e.